The standard InChI is InChI=1S/C15H22N2O2/c1-11(2)10-12(16)15(18)17-8-5-9-19-14-7-4-3-6-13(14)17/h3-4,6-7,11-12H,5,8-10,16H2,1-2H3. The summed E-state index contributed by atoms with van der Waals surface area (Å²) in [6.07, 6.45) is 1.53. The van der Waals surface area contributed by atoms with Crippen LogP contribution in [0.25, 0.3) is 0 Å². The molecule has 1 aromatic carbocycles. The van der Waals surface area contributed by atoms with E-state index in [-0.39, 0.29) is 5.91 Å². The van der Waals surface area contributed by atoms with Gasteiger partial charge in [-0.25, -0.2) is 0 Å². The number of anilines is 1. The van der Waals surface area contributed by atoms with Gasteiger partial charge in [0.25, 0.3) is 0 Å². The number of hydrogen-bond acceptors (Lipinski definition) is 3. The summed E-state index contributed by atoms with van der Waals surface area (Å²) in [6.45, 7) is 5.46. The van der Waals surface area contributed by atoms with Crippen molar-refractivity contribution in [2.45, 2.75) is 32.7 Å². The summed E-state index contributed by atoms with van der Waals surface area (Å²) in [7, 11) is 0. The molecule has 0 radical (unpaired) electrons. The molecule has 0 spiro atoms. The molecule has 1 aliphatic heterocycles. The first-order valence-electron chi connectivity index (χ1n) is 6.88. The molecule has 0 saturated heterocycles. The van der Waals surface area contributed by atoms with E-state index in [1.165, 1.54) is 0 Å². The van der Waals surface area contributed by atoms with Crippen molar-refractivity contribution in [2.24, 2.45) is 11.7 Å². The number of benzene rings is 1. The number of carbonyl (C=O) groups is 1. The van der Waals surface area contributed by atoms with E-state index in [9.17, 15) is 4.79 Å². The lowest BCUT2D eigenvalue weighted by atomic mass is 10.0. The maximum atomic E-state index is 12.5. The van der Waals surface area contributed by atoms with Crippen molar-refractivity contribution in [3.05, 3.63) is 24.3 Å². The summed E-state index contributed by atoms with van der Waals surface area (Å²) < 4.78 is 5.65. The Morgan fingerprint density at radius 3 is 2.89 bits per heavy atom. The third-order valence-corrected chi connectivity index (χ3v) is 3.25. The minimum Gasteiger partial charge on any atom is -0.491 e. The highest BCUT2D eigenvalue weighted by Crippen LogP contribution is 2.31. The van der Waals surface area contributed by atoms with E-state index in [0.29, 0.717) is 25.5 Å². The molecular formula is C15H22N2O2. The molecule has 1 amide bonds. The van der Waals surface area contributed by atoms with Crippen molar-refractivity contribution in [3.63, 3.8) is 0 Å². The molecule has 19 heavy (non-hydrogen) atoms. The molecule has 2 rings (SSSR count). The van der Waals surface area contributed by atoms with Crippen molar-refractivity contribution in [1.29, 1.82) is 0 Å². The van der Waals surface area contributed by atoms with Crippen molar-refractivity contribution >= 4 is 11.6 Å². The van der Waals surface area contributed by atoms with Crippen LogP contribution in [-0.4, -0.2) is 25.1 Å². The molecule has 4 nitrogen and oxygen atoms in total. The molecule has 1 aromatic rings. The zero-order valence-corrected chi connectivity index (χ0v) is 11.6. The molecule has 0 bridgehead atoms. The minimum absolute atomic E-state index is 0.00773. The Morgan fingerprint density at radius 2 is 2.16 bits per heavy atom. The number of hydrogen-bond donors (Lipinski definition) is 1. The fraction of sp³-hybridized carbons (Fsp3) is 0.533. The van der Waals surface area contributed by atoms with E-state index in [2.05, 4.69) is 13.8 Å². The summed E-state index contributed by atoms with van der Waals surface area (Å²) >= 11 is 0. The van der Waals surface area contributed by atoms with Crippen molar-refractivity contribution < 1.29 is 9.53 Å². The molecule has 0 aliphatic carbocycles. The largest absolute Gasteiger partial charge is 0.491 e. The third kappa shape index (κ3) is 3.26. The van der Waals surface area contributed by atoms with Crippen molar-refractivity contribution in [1.82, 2.24) is 0 Å². The van der Waals surface area contributed by atoms with Crippen LogP contribution < -0.4 is 15.4 Å². The van der Waals surface area contributed by atoms with Gasteiger partial charge in [-0.1, -0.05) is 26.0 Å². The topological polar surface area (TPSA) is 55.6 Å². The number of para-hydroxylation sites is 2. The van der Waals surface area contributed by atoms with Gasteiger partial charge in [0.05, 0.1) is 18.3 Å². The minimum atomic E-state index is -0.439. The highest BCUT2D eigenvalue weighted by Gasteiger charge is 2.26. The van der Waals surface area contributed by atoms with Gasteiger partial charge in [0, 0.05) is 6.54 Å². The summed E-state index contributed by atoms with van der Waals surface area (Å²) in [4.78, 5) is 14.3. The van der Waals surface area contributed by atoms with Crippen LogP contribution in [0.2, 0.25) is 0 Å². The van der Waals surface area contributed by atoms with Crippen LogP contribution in [0.5, 0.6) is 5.75 Å². The zero-order valence-electron chi connectivity index (χ0n) is 11.6. The van der Waals surface area contributed by atoms with Crippen LogP contribution >= 0.6 is 0 Å². The molecule has 2 N–H and O–H groups in total. The second-order valence-electron chi connectivity index (χ2n) is 5.40. The number of amides is 1. The molecule has 104 valence electrons. The van der Waals surface area contributed by atoms with Crippen molar-refractivity contribution in [3.8, 4) is 5.75 Å². The Hall–Kier alpha value is -1.55. The van der Waals surface area contributed by atoms with Gasteiger partial charge in [-0.2, -0.15) is 0 Å². The Morgan fingerprint density at radius 1 is 1.42 bits per heavy atom. The number of nitrogens with two attached hydrogens (primary N) is 1. The maximum Gasteiger partial charge on any atom is 0.244 e. The van der Waals surface area contributed by atoms with Crippen LogP contribution in [0.1, 0.15) is 26.7 Å². The van der Waals surface area contributed by atoms with Gasteiger partial charge in [0.1, 0.15) is 5.75 Å². The Bertz CT molecular complexity index is 446. The normalized spacial score (nSPS) is 16.5. The molecule has 0 aromatic heterocycles. The lowest BCUT2D eigenvalue weighted by Crippen LogP contribution is -2.44. The first-order valence-corrected chi connectivity index (χ1v) is 6.88. The lowest BCUT2D eigenvalue weighted by molar-refractivity contribution is -0.120. The first-order chi connectivity index (χ1) is 9.09. The Kier molecular flexibility index (Phi) is 4.43. The fourth-order valence-electron chi connectivity index (χ4n) is 2.37. The van der Waals surface area contributed by atoms with Gasteiger partial charge >= 0.3 is 0 Å². The monoisotopic (exact) mass is 262 g/mol. The van der Waals surface area contributed by atoms with Gasteiger partial charge in [-0.05, 0) is 30.9 Å². The second-order valence-corrected chi connectivity index (χ2v) is 5.40. The molecule has 1 aliphatic rings. The average Bonchev–Trinajstić information content (AvgIpc) is 2.59. The number of carbonyl (C=O) groups excluding carboxylic acids is 1. The first kappa shape index (κ1) is 13.9. The number of nitrogens with zero attached hydrogens (tertiary/aromatic N) is 1. The molecule has 0 saturated carbocycles. The molecule has 0 fully saturated rings. The van der Waals surface area contributed by atoms with Gasteiger partial charge in [0.15, 0.2) is 0 Å². The zero-order chi connectivity index (χ0) is 13.8. The van der Waals surface area contributed by atoms with Crippen LogP contribution in [0, 0.1) is 5.92 Å². The number of fused-ring (bicyclic) bond motifs is 1. The van der Waals surface area contributed by atoms with Gasteiger partial charge in [-0.3, -0.25) is 4.79 Å². The van der Waals surface area contributed by atoms with Crippen LogP contribution in [0.15, 0.2) is 24.3 Å². The molecule has 1 atom stereocenters. The van der Waals surface area contributed by atoms with Crippen molar-refractivity contribution in [2.75, 3.05) is 18.1 Å². The smallest absolute Gasteiger partial charge is 0.244 e. The lowest BCUT2D eigenvalue weighted by Gasteiger charge is -2.25. The number of rotatable bonds is 3. The predicted octanol–water partition coefficient (Wildman–Crippen LogP) is 2.18. The SMILES string of the molecule is CC(C)CC(N)C(=O)N1CCCOc2ccccc21. The average molecular weight is 262 g/mol. The van der Waals surface area contributed by atoms with E-state index < -0.39 is 6.04 Å². The third-order valence-electron chi connectivity index (χ3n) is 3.25. The fourth-order valence-corrected chi connectivity index (χ4v) is 2.37. The molecule has 1 heterocycles. The summed E-state index contributed by atoms with van der Waals surface area (Å²) in [6, 6.07) is 7.21. The van der Waals surface area contributed by atoms with Gasteiger partial charge < -0.3 is 15.4 Å². The maximum absolute atomic E-state index is 12.5. The predicted molar refractivity (Wildman–Crippen MR) is 76.3 cm³/mol. The van der Waals surface area contributed by atoms with E-state index in [1.54, 1.807) is 4.90 Å². The van der Waals surface area contributed by atoms with E-state index in [0.717, 1.165) is 17.9 Å². The highest BCUT2D eigenvalue weighted by molar-refractivity contribution is 5.98. The quantitative estimate of drug-likeness (QED) is 0.908. The van der Waals surface area contributed by atoms with E-state index in [1.807, 2.05) is 24.3 Å². The van der Waals surface area contributed by atoms with Crippen LogP contribution in [-0.2, 0) is 4.79 Å². The van der Waals surface area contributed by atoms with Gasteiger partial charge in [0.2, 0.25) is 5.91 Å². The Labute approximate surface area is 114 Å². The van der Waals surface area contributed by atoms with Gasteiger partial charge in [-0.15, -0.1) is 0 Å². The Balaban J connectivity index is 2.21. The second kappa shape index (κ2) is 6.06. The summed E-state index contributed by atoms with van der Waals surface area (Å²) in [5, 5.41) is 0. The highest BCUT2D eigenvalue weighted by atomic mass is 16.5. The van der Waals surface area contributed by atoms with Crippen LogP contribution in [0.3, 0.4) is 0 Å². The molecule has 1 unspecified atom stereocenters. The van der Waals surface area contributed by atoms with Crippen LogP contribution in [0.4, 0.5) is 5.69 Å². The van der Waals surface area contributed by atoms with E-state index >= 15 is 0 Å². The molecular weight excluding hydrogens is 240 g/mol. The summed E-state index contributed by atoms with van der Waals surface area (Å²) in [5.74, 6) is 1.18. The summed E-state index contributed by atoms with van der Waals surface area (Å²) in [5.41, 5.74) is 6.86. The van der Waals surface area contributed by atoms with E-state index in [4.69, 9.17) is 10.5 Å². The molecule has 4 heteroatoms. The number of ether oxygens (including phenoxy) is 1.